The van der Waals surface area contributed by atoms with Gasteiger partial charge in [0.25, 0.3) is 0 Å². The highest BCUT2D eigenvalue weighted by Gasteiger charge is 2.06. The Hall–Kier alpha value is -1.67. The molecule has 0 fully saturated rings. The van der Waals surface area contributed by atoms with Crippen LogP contribution >= 0.6 is 11.6 Å². The first-order valence-electron chi connectivity index (χ1n) is 4.91. The van der Waals surface area contributed by atoms with E-state index in [0.29, 0.717) is 17.0 Å². The summed E-state index contributed by atoms with van der Waals surface area (Å²) in [5, 5.41) is 19.6. The maximum Gasteiger partial charge on any atom is 0.119 e. The standard InChI is InChI=1S/C13H11ClO2/c14-12-4-2-1-3-9(12)7-10-8-11(15)5-6-13(10)16/h1-6,8,15-16H,7H2. The normalized spacial score (nSPS) is 10.3. The van der Waals surface area contributed by atoms with Gasteiger partial charge in [0.1, 0.15) is 11.5 Å². The Kier molecular flexibility index (Phi) is 3.02. The SMILES string of the molecule is Oc1ccc(O)c(Cc2ccccc2Cl)c1. The molecule has 0 saturated carbocycles. The van der Waals surface area contributed by atoms with Crippen molar-refractivity contribution in [3.63, 3.8) is 0 Å². The second-order valence-corrected chi connectivity index (χ2v) is 3.99. The van der Waals surface area contributed by atoms with E-state index in [1.807, 2.05) is 18.2 Å². The lowest BCUT2D eigenvalue weighted by Crippen LogP contribution is -1.89. The lowest BCUT2D eigenvalue weighted by atomic mass is 10.0. The van der Waals surface area contributed by atoms with Gasteiger partial charge in [-0.05, 0) is 29.8 Å². The number of phenols is 2. The lowest BCUT2D eigenvalue weighted by Gasteiger charge is -2.06. The van der Waals surface area contributed by atoms with Crippen molar-refractivity contribution in [2.75, 3.05) is 0 Å². The van der Waals surface area contributed by atoms with Gasteiger partial charge in [-0.25, -0.2) is 0 Å². The van der Waals surface area contributed by atoms with Crippen LogP contribution in [-0.2, 0) is 6.42 Å². The first kappa shape index (κ1) is 10.8. The summed E-state index contributed by atoms with van der Waals surface area (Å²) in [6, 6.07) is 11.9. The van der Waals surface area contributed by atoms with Gasteiger partial charge in [-0.3, -0.25) is 0 Å². The van der Waals surface area contributed by atoms with Crippen LogP contribution in [0.15, 0.2) is 42.5 Å². The molecule has 2 aromatic rings. The monoisotopic (exact) mass is 234 g/mol. The maximum atomic E-state index is 9.63. The van der Waals surface area contributed by atoms with E-state index in [9.17, 15) is 10.2 Å². The van der Waals surface area contributed by atoms with E-state index in [1.165, 1.54) is 12.1 Å². The second kappa shape index (κ2) is 4.45. The van der Waals surface area contributed by atoms with Crippen molar-refractivity contribution in [3.8, 4) is 11.5 Å². The zero-order valence-corrected chi connectivity index (χ0v) is 9.28. The molecule has 2 aromatic carbocycles. The molecule has 0 aliphatic heterocycles. The topological polar surface area (TPSA) is 40.5 Å². The molecule has 82 valence electrons. The van der Waals surface area contributed by atoms with Gasteiger partial charge in [0.15, 0.2) is 0 Å². The molecule has 0 bridgehead atoms. The van der Waals surface area contributed by atoms with Gasteiger partial charge in [-0.15, -0.1) is 0 Å². The van der Waals surface area contributed by atoms with Crippen LogP contribution in [0, 0.1) is 0 Å². The highest BCUT2D eigenvalue weighted by atomic mass is 35.5. The van der Waals surface area contributed by atoms with Crippen LogP contribution < -0.4 is 0 Å². The molecule has 2 rings (SSSR count). The fraction of sp³-hybridized carbons (Fsp3) is 0.0769. The van der Waals surface area contributed by atoms with E-state index < -0.39 is 0 Å². The Morgan fingerprint density at radius 2 is 1.69 bits per heavy atom. The highest BCUT2D eigenvalue weighted by molar-refractivity contribution is 6.31. The van der Waals surface area contributed by atoms with Gasteiger partial charge < -0.3 is 10.2 Å². The van der Waals surface area contributed by atoms with Gasteiger partial charge in [-0.1, -0.05) is 29.8 Å². The van der Waals surface area contributed by atoms with Gasteiger partial charge in [0, 0.05) is 17.0 Å². The molecule has 0 spiro atoms. The fourth-order valence-corrected chi connectivity index (χ4v) is 1.76. The lowest BCUT2D eigenvalue weighted by molar-refractivity contribution is 0.455. The highest BCUT2D eigenvalue weighted by Crippen LogP contribution is 2.27. The summed E-state index contributed by atoms with van der Waals surface area (Å²) in [5.74, 6) is 0.303. The Morgan fingerprint density at radius 1 is 0.938 bits per heavy atom. The third kappa shape index (κ3) is 2.28. The number of hydrogen-bond donors (Lipinski definition) is 2. The molecule has 2 nitrogen and oxygen atoms in total. The van der Waals surface area contributed by atoms with Gasteiger partial charge >= 0.3 is 0 Å². The van der Waals surface area contributed by atoms with Crippen molar-refractivity contribution in [2.24, 2.45) is 0 Å². The number of hydrogen-bond acceptors (Lipinski definition) is 2. The predicted molar refractivity (Wildman–Crippen MR) is 64.0 cm³/mol. The average molecular weight is 235 g/mol. The Labute approximate surface area is 98.7 Å². The van der Waals surface area contributed by atoms with Crippen LogP contribution in [0.5, 0.6) is 11.5 Å². The van der Waals surface area contributed by atoms with Crippen LogP contribution in [0.1, 0.15) is 11.1 Å². The summed E-state index contributed by atoms with van der Waals surface area (Å²) in [7, 11) is 0. The molecule has 0 aromatic heterocycles. The molecule has 0 atom stereocenters. The van der Waals surface area contributed by atoms with E-state index in [0.717, 1.165) is 5.56 Å². The van der Waals surface area contributed by atoms with E-state index in [1.54, 1.807) is 12.1 Å². The molecule has 0 aliphatic rings. The number of aromatic hydroxyl groups is 2. The molecule has 0 aliphatic carbocycles. The molecule has 2 N–H and O–H groups in total. The quantitative estimate of drug-likeness (QED) is 0.783. The number of benzene rings is 2. The third-order valence-corrected chi connectivity index (χ3v) is 2.77. The first-order valence-corrected chi connectivity index (χ1v) is 5.29. The Morgan fingerprint density at radius 3 is 2.44 bits per heavy atom. The predicted octanol–water partition coefficient (Wildman–Crippen LogP) is 3.34. The van der Waals surface area contributed by atoms with Crippen molar-refractivity contribution in [2.45, 2.75) is 6.42 Å². The average Bonchev–Trinajstić information content (AvgIpc) is 2.27. The molecule has 3 heteroatoms. The van der Waals surface area contributed by atoms with Crippen molar-refractivity contribution in [1.82, 2.24) is 0 Å². The minimum atomic E-state index is 0.139. The molecular formula is C13H11ClO2. The van der Waals surface area contributed by atoms with E-state index in [4.69, 9.17) is 11.6 Å². The number of phenolic OH excluding ortho intramolecular Hbond substituents is 2. The molecule has 16 heavy (non-hydrogen) atoms. The minimum absolute atomic E-state index is 0.139. The summed E-state index contributed by atoms with van der Waals surface area (Å²) in [6.45, 7) is 0. The van der Waals surface area contributed by atoms with Crippen LogP contribution in [0.2, 0.25) is 5.02 Å². The number of rotatable bonds is 2. The summed E-state index contributed by atoms with van der Waals surface area (Å²) in [5.41, 5.74) is 1.58. The second-order valence-electron chi connectivity index (χ2n) is 3.58. The van der Waals surface area contributed by atoms with Crippen molar-refractivity contribution < 1.29 is 10.2 Å². The fourth-order valence-electron chi connectivity index (χ4n) is 1.56. The smallest absolute Gasteiger partial charge is 0.119 e. The zero-order chi connectivity index (χ0) is 11.5. The van der Waals surface area contributed by atoms with Crippen LogP contribution in [0.4, 0.5) is 0 Å². The molecular weight excluding hydrogens is 224 g/mol. The molecule has 0 heterocycles. The first-order chi connectivity index (χ1) is 7.66. The van der Waals surface area contributed by atoms with Crippen LogP contribution in [-0.4, -0.2) is 10.2 Å². The Bertz CT molecular complexity index is 509. The van der Waals surface area contributed by atoms with Crippen molar-refractivity contribution in [3.05, 3.63) is 58.6 Å². The van der Waals surface area contributed by atoms with Crippen LogP contribution in [0.25, 0.3) is 0 Å². The van der Waals surface area contributed by atoms with Gasteiger partial charge in [0.2, 0.25) is 0 Å². The summed E-state index contributed by atoms with van der Waals surface area (Å²) >= 11 is 6.02. The molecule has 0 unspecified atom stereocenters. The van der Waals surface area contributed by atoms with Gasteiger partial charge in [-0.2, -0.15) is 0 Å². The molecule has 0 saturated heterocycles. The van der Waals surface area contributed by atoms with E-state index >= 15 is 0 Å². The summed E-state index contributed by atoms with van der Waals surface area (Å²) in [4.78, 5) is 0. The summed E-state index contributed by atoms with van der Waals surface area (Å²) in [6.07, 6.45) is 0.500. The third-order valence-electron chi connectivity index (χ3n) is 2.40. The van der Waals surface area contributed by atoms with E-state index in [-0.39, 0.29) is 11.5 Å². The van der Waals surface area contributed by atoms with Gasteiger partial charge in [0.05, 0.1) is 0 Å². The molecule has 0 amide bonds. The van der Waals surface area contributed by atoms with Crippen LogP contribution in [0.3, 0.4) is 0 Å². The maximum absolute atomic E-state index is 9.63. The zero-order valence-electron chi connectivity index (χ0n) is 8.52. The van der Waals surface area contributed by atoms with Crippen molar-refractivity contribution >= 4 is 11.6 Å². The van der Waals surface area contributed by atoms with Crippen molar-refractivity contribution in [1.29, 1.82) is 0 Å². The number of halogens is 1. The van der Waals surface area contributed by atoms with E-state index in [2.05, 4.69) is 0 Å². The minimum Gasteiger partial charge on any atom is -0.508 e. The largest absolute Gasteiger partial charge is 0.508 e. The molecule has 0 radical (unpaired) electrons. The summed E-state index contributed by atoms with van der Waals surface area (Å²) < 4.78 is 0. The Balaban J connectivity index is 2.34.